The van der Waals surface area contributed by atoms with E-state index in [-0.39, 0.29) is 11.6 Å². The van der Waals surface area contributed by atoms with Crippen LogP contribution in [-0.4, -0.2) is 59.9 Å². The predicted molar refractivity (Wildman–Crippen MR) is 80.0 cm³/mol. The van der Waals surface area contributed by atoms with Crippen molar-refractivity contribution in [3.05, 3.63) is 0 Å². The number of likely N-dealkylation sites (tertiary alicyclic amines) is 1. The van der Waals surface area contributed by atoms with Gasteiger partial charge in [-0.3, -0.25) is 9.69 Å². The lowest BCUT2D eigenvalue weighted by molar-refractivity contribution is -0.145. The van der Waals surface area contributed by atoms with Gasteiger partial charge in [0.1, 0.15) is 5.54 Å². The van der Waals surface area contributed by atoms with Crippen molar-refractivity contribution >= 4 is 5.97 Å². The first-order valence-corrected chi connectivity index (χ1v) is 7.54. The fourth-order valence-electron chi connectivity index (χ4n) is 3.13. The van der Waals surface area contributed by atoms with Gasteiger partial charge in [-0.2, -0.15) is 0 Å². The lowest BCUT2D eigenvalue weighted by atomic mass is 9.89. The Morgan fingerprint density at radius 2 is 2.25 bits per heavy atom. The van der Waals surface area contributed by atoms with Crippen molar-refractivity contribution in [3.8, 4) is 0 Å². The fraction of sp³-hybridized carbons (Fsp3) is 0.933. The molecule has 0 aromatic rings. The largest absolute Gasteiger partial charge is 0.480 e. The SMILES string of the molecule is CCNC(C)(CC(C)N1CCCC(C)(OC)C1)C(=O)O. The van der Waals surface area contributed by atoms with Crippen LogP contribution in [0.25, 0.3) is 0 Å². The summed E-state index contributed by atoms with van der Waals surface area (Å²) in [7, 11) is 1.76. The summed E-state index contributed by atoms with van der Waals surface area (Å²) in [5, 5.41) is 12.6. The summed E-state index contributed by atoms with van der Waals surface area (Å²) in [5.74, 6) is -0.780. The summed E-state index contributed by atoms with van der Waals surface area (Å²) in [6.45, 7) is 10.5. The number of nitrogens with one attached hydrogen (secondary N) is 1. The average molecular weight is 286 g/mol. The highest BCUT2D eigenvalue weighted by Crippen LogP contribution is 2.27. The molecule has 1 rings (SSSR count). The summed E-state index contributed by atoms with van der Waals surface area (Å²) in [4.78, 5) is 13.9. The van der Waals surface area contributed by atoms with E-state index in [4.69, 9.17) is 4.74 Å². The Kier molecular flexibility index (Phi) is 5.98. The van der Waals surface area contributed by atoms with Crippen molar-refractivity contribution in [2.24, 2.45) is 0 Å². The van der Waals surface area contributed by atoms with Crippen LogP contribution in [0, 0.1) is 0 Å². The molecule has 1 aliphatic rings. The lowest BCUT2D eigenvalue weighted by Gasteiger charge is -2.43. The molecule has 0 aromatic heterocycles. The number of nitrogens with zero attached hydrogens (tertiary/aromatic N) is 1. The second-order valence-electron chi connectivity index (χ2n) is 6.45. The quantitative estimate of drug-likeness (QED) is 0.746. The van der Waals surface area contributed by atoms with Gasteiger partial charge in [-0.05, 0) is 53.1 Å². The molecule has 0 aliphatic carbocycles. The Morgan fingerprint density at radius 1 is 1.60 bits per heavy atom. The van der Waals surface area contributed by atoms with Gasteiger partial charge in [0.05, 0.1) is 5.60 Å². The molecule has 2 N–H and O–H groups in total. The fourth-order valence-corrected chi connectivity index (χ4v) is 3.13. The number of ether oxygens (including phenoxy) is 1. The number of rotatable bonds is 7. The molecule has 20 heavy (non-hydrogen) atoms. The molecule has 1 fully saturated rings. The average Bonchev–Trinajstić information content (AvgIpc) is 2.38. The number of carboxylic acid groups (broad SMARTS) is 1. The second kappa shape index (κ2) is 6.87. The molecule has 118 valence electrons. The number of likely N-dealkylation sites (N-methyl/N-ethyl adjacent to an activating group) is 1. The van der Waals surface area contributed by atoms with E-state index >= 15 is 0 Å². The minimum atomic E-state index is -0.866. The summed E-state index contributed by atoms with van der Waals surface area (Å²) >= 11 is 0. The normalized spacial score (nSPS) is 28.9. The zero-order valence-corrected chi connectivity index (χ0v) is 13.5. The van der Waals surface area contributed by atoms with Crippen molar-refractivity contribution < 1.29 is 14.6 Å². The summed E-state index contributed by atoms with van der Waals surface area (Å²) in [5.41, 5.74) is -0.973. The van der Waals surface area contributed by atoms with Gasteiger partial charge in [-0.15, -0.1) is 0 Å². The van der Waals surface area contributed by atoms with E-state index in [1.807, 2.05) is 6.92 Å². The third kappa shape index (κ3) is 4.17. The van der Waals surface area contributed by atoms with Gasteiger partial charge in [0.25, 0.3) is 0 Å². The van der Waals surface area contributed by atoms with Crippen LogP contribution in [0.15, 0.2) is 0 Å². The summed E-state index contributed by atoms with van der Waals surface area (Å²) in [6, 6.07) is 0.213. The standard InChI is InChI=1S/C15H30N2O3/c1-6-16-15(4,13(18)19)10-12(2)17-9-7-8-14(3,11-17)20-5/h12,16H,6-11H2,1-5H3,(H,18,19). The Hall–Kier alpha value is -0.650. The van der Waals surface area contributed by atoms with E-state index in [1.165, 1.54) is 0 Å². The van der Waals surface area contributed by atoms with Crippen molar-refractivity contribution in [3.63, 3.8) is 0 Å². The number of hydrogen-bond acceptors (Lipinski definition) is 4. The monoisotopic (exact) mass is 286 g/mol. The van der Waals surface area contributed by atoms with Gasteiger partial charge in [-0.25, -0.2) is 0 Å². The van der Waals surface area contributed by atoms with Crippen LogP contribution in [0.5, 0.6) is 0 Å². The van der Waals surface area contributed by atoms with Crippen LogP contribution in [0.2, 0.25) is 0 Å². The number of hydrogen-bond donors (Lipinski definition) is 2. The van der Waals surface area contributed by atoms with Crippen LogP contribution in [-0.2, 0) is 9.53 Å². The van der Waals surface area contributed by atoms with Crippen molar-refractivity contribution in [1.29, 1.82) is 0 Å². The maximum atomic E-state index is 11.5. The first kappa shape index (κ1) is 17.4. The van der Waals surface area contributed by atoms with Gasteiger partial charge in [0.15, 0.2) is 0 Å². The zero-order valence-electron chi connectivity index (χ0n) is 13.5. The third-order valence-corrected chi connectivity index (χ3v) is 4.55. The zero-order chi connectivity index (χ0) is 15.4. The highest BCUT2D eigenvalue weighted by Gasteiger charge is 2.38. The number of methoxy groups -OCH3 is 1. The van der Waals surface area contributed by atoms with E-state index in [0.717, 1.165) is 25.9 Å². The van der Waals surface area contributed by atoms with Crippen LogP contribution in [0.4, 0.5) is 0 Å². The van der Waals surface area contributed by atoms with Crippen LogP contribution in [0.1, 0.15) is 47.0 Å². The highest BCUT2D eigenvalue weighted by atomic mass is 16.5. The molecule has 5 nitrogen and oxygen atoms in total. The van der Waals surface area contributed by atoms with E-state index in [1.54, 1.807) is 14.0 Å². The van der Waals surface area contributed by atoms with E-state index in [0.29, 0.717) is 13.0 Å². The number of carbonyl (C=O) groups is 1. The molecule has 5 heteroatoms. The number of piperidine rings is 1. The Bertz CT molecular complexity index is 337. The molecule has 1 heterocycles. The number of aliphatic carboxylic acids is 1. The summed E-state index contributed by atoms with van der Waals surface area (Å²) in [6.07, 6.45) is 2.76. The minimum absolute atomic E-state index is 0.107. The second-order valence-corrected chi connectivity index (χ2v) is 6.45. The molecule has 0 saturated carbocycles. The number of carboxylic acids is 1. The molecule has 3 unspecified atom stereocenters. The molecule has 1 saturated heterocycles. The van der Waals surface area contributed by atoms with Gasteiger partial charge >= 0.3 is 5.97 Å². The molecule has 0 spiro atoms. The molecule has 3 atom stereocenters. The third-order valence-electron chi connectivity index (χ3n) is 4.55. The molecule has 0 radical (unpaired) electrons. The maximum Gasteiger partial charge on any atom is 0.323 e. The highest BCUT2D eigenvalue weighted by molar-refractivity contribution is 5.78. The van der Waals surface area contributed by atoms with Gasteiger partial charge in [-0.1, -0.05) is 6.92 Å². The van der Waals surface area contributed by atoms with Crippen molar-refractivity contribution in [2.45, 2.75) is 64.1 Å². The molecular weight excluding hydrogens is 256 g/mol. The van der Waals surface area contributed by atoms with Gasteiger partial charge in [0, 0.05) is 19.7 Å². The summed E-state index contributed by atoms with van der Waals surface area (Å²) < 4.78 is 5.61. The smallest absolute Gasteiger partial charge is 0.323 e. The Balaban J connectivity index is 2.69. The van der Waals surface area contributed by atoms with Crippen molar-refractivity contribution in [2.75, 3.05) is 26.7 Å². The van der Waals surface area contributed by atoms with E-state index < -0.39 is 11.5 Å². The van der Waals surface area contributed by atoms with Crippen LogP contribution < -0.4 is 5.32 Å². The van der Waals surface area contributed by atoms with E-state index in [2.05, 4.69) is 24.1 Å². The molecule has 0 bridgehead atoms. The first-order valence-electron chi connectivity index (χ1n) is 7.54. The predicted octanol–water partition coefficient (Wildman–Crippen LogP) is 1.72. The van der Waals surface area contributed by atoms with Gasteiger partial charge in [0.2, 0.25) is 0 Å². The molecular formula is C15H30N2O3. The van der Waals surface area contributed by atoms with Gasteiger partial charge < -0.3 is 15.2 Å². The lowest BCUT2D eigenvalue weighted by Crippen LogP contribution is -2.56. The minimum Gasteiger partial charge on any atom is -0.480 e. The molecule has 0 aromatic carbocycles. The topological polar surface area (TPSA) is 61.8 Å². The van der Waals surface area contributed by atoms with Crippen LogP contribution in [0.3, 0.4) is 0 Å². The Labute approximate surface area is 122 Å². The Morgan fingerprint density at radius 3 is 2.75 bits per heavy atom. The van der Waals surface area contributed by atoms with Crippen molar-refractivity contribution in [1.82, 2.24) is 10.2 Å². The van der Waals surface area contributed by atoms with E-state index in [9.17, 15) is 9.90 Å². The maximum absolute atomic E-state index is 11.5. The molecule has 0 amide bonds. The van der Waals surface area contributed by atoms with Crippen LogP contribution >= 0.6 is 0 Å². The first-order chi connectivity index (χ1) is 9.26. The molecule has 1 aliphatic heterocycles.